The number of hydrogen-bond donors (Lipinski definition) is 1. The van der Waals surface area contributed by atoms with Gasteiger partial charge in [-0.15, -0.1) is 0 Å². The first kappa shape index (κ1) is 18.6. The fourth-order valence-electron chi connectivity index (χ4n) is 2.41. The van der Waals surface area contributed by atoms with Gasteiger partial charge in [-0.1, -0.05) is 33.6 Å². The van der Waals surface area contributed by atoms with Crippen LogP contribution >= 0.6 is 0 Å². The molecule has 0 aliphatic rings. The van der Waals surface area contributed by atoms with Crippen molar-refractivity contribution < 1.29 is 9.53 Å². The summed E-state index contributed by atoms with van der Waals surface area (Å²) in [5.41, 5.74) is -0.425. The van der Waals surface area contributed by atoms with Gasteiger partial charge in [-0.05, 0) is 40.0 Å². The SMILES string of the molecule is CCCCC(C)(C)OCCNC(CC)(CC)C(C)=O. The molecule has 0 aromatic heterocycles. The average Bonchev–Trinajstić information content (AvgIpc) is 2.37. The molecule has 0 amide bonds. The maximum Gasteiger partial charge on any atom is 0.149 e. The predicted molar refractivity (Wildman–Crippen MR) is 81.6 cm³/mol. The summed E-state index contributed by atoms with van der Waals surface area (Å²) < 4.78 is 5.92. The Morgan fingerprint density at radius 2 is 1.74 bits per heavy atom. The quantitative estimate of drug-likeness (QED) is 0.582. The summed E-state index contributed by atoms with van der Waals surface area (Å²) in [6.45, 7) is 13.7. The zero-order chi connectivity index (χ0) is 14.9. The molecule has 0 aromatic carbocycles. The van der Waals surface area contributed by atoms with Crippen molar-refractivity contribution in [3.8, 4) is 0 Å². The first-order chi connectivity index (χ1) is 8.83. The van der Waals surface area contributed by atoms with Gasteiger partial charge in [0.05, 0.1) is 17.7 Å². The van der Waals surface area contributed by atoms with Crippen LogP contribution < -0.4 is 5.32 Å². The second-order valence-electron chi connectivity index (χ2n) is 5.98. The molecule has 0 aliphatic heterocycles. The van der Waals surface area contributed by atoms with Gasteiger partial charge in [-0.2, -0.15) is 0 Å². The molecule has 3 heteroatoms. The number of ketones is 1. The predicted octanol–water partition coefficient (Wildman–Crippen LogP) is 3.71. The van der Waals surface area contributed by atoms with E-state index in [9.17, 15) is 4.79 Å². The molecule has 0 saturated heterocycles. The lowest BCUT2D eigenvalue weighted by Gasteiger charge is -2.31. The Bertz CT molecular complexity index is 257. The molecule has 0 unspecified atom stereocenters. The molecule has 0 fully saturated rings. The van der Waals surface area contributed by atoms with E-state index in [0.29, 0.717) is 6.61 Å². The highest BCUT2D eigenvalue weighted by molar-refractivity contribution is 5.85. The smallest absolute Gasteiger partial charge is 0.149 e. The van der Waals surface area contributed by atoms with Crippen molar-refractivity contribution in [3.05, 3.63) is 0 Å². The molecule has 3 nitrogen and oxygen atoms in total. The molecular formula is C16H33NO2. The minimum Gasteiger partial charge on any atom is -0.374 e. The molecular weight excluding hydrogens is 238 g/mol. The van der Waals surface area contributed by atoms with Crippen molar-refractivity contribution >= 4 is 5.78 Å². The topological polar surface area (TPSA) is 38.3 Å². The van der Waals surface area contributed by atoms with Crippen LogP contribution in [0.5, 0.6) is 0 Å². The lowest BCUT2D eigenvalue weighted by molar-refractivity contribution is -0.123. The standard InChI is InChI=1S/C16H33NO2/c1-7-10-11-15(5,6)19-13-12-17-16(8-2,9-3)14(4)18/h17H,7-13H2,1-6H3. The van der Waals surface area contributed by atoms with Gasteiger partial charge in [0.25, 0.3) is 0 Å². The third-order valence-corrected chi connectivity index (χ3v) is 4.07. The van der Waals surface area contributed by atoms with Crippen LogP contribution in [0.25, 0.3) is 0 Å². The summed E-state index contributed by atoms with van der Waals surface area (Å²) in [5.74, 6) is 0.225. The minimum absolute atomic E-state index is 0.0605. The molecule has 0 aromatic rings. The van der Waals surface area contributed by atoms with E-state index in [0.717, 1.165) is 25.8 Å². The lowest BCUT2D eigenvalue weighted by atomic mass is 9.88. The number of hydrogen-bond acceptors (Lipinski definition) is 3. The first-order valence-corrected chi connectivity index (χ1v) is 7.73. The van der Waals surface area contributed by atoms with Crippen molar-refractivity contribution in [2.45, 2.75) is 84.8 Å². The van der Waals surface area contributed by atoms with Crippen LogP contribution in [-0.4, -0.2) is 30.1 Å². The molecule has 0 rings (SSSR count). The normalized spacial score (nSPS) is 12.7. The van der Waals surface area contributed by atoms with Crippen molar-refractivity contribution in [1.29, 1.82) is 0 Å². The molecule has 0 atom stereocenters. The largest absolute Gasteiger partial charge is 0.374 e. The molecule has 1 N–H and O–H groups in total. The maximum atomic E-state index is 11.8. The van der Waals surface area contributed by atoms with Crippen LogP contribution in [0.2, 0.25) is 0 Å². The second kappa shape index (κ2) is 8.70. The van der Waals surface area contributed by atoms with Crippen LogP contribution in [0.1, 0.15) is 73.6 Å². The molecule has 0 saturated carbocycles. The number of unbranched alkanes of at least 4 members (excludes halogenated alkanes) is 1. The summed E-state index contributed by atoms with van der Waals surface area (Å²) >= 11 is 0. The van der Waals surface area contributed by atoms with Crippen LogP contribution in [0.3, 0.4) is 0 Å². The molecule has 114 valence electrons. The lowest BCUT2D eigenvalue weighted by Crippen LogP contribution is -2.51. The van der Waals surface area contributed by atoms with E-state index in [1.54, 1.807) is 6.92 Å². The number of nitrogens with one attached hydrogen (secondary N) is 1. The van der Waals surface area contributed by atoms with E-state index in [1.807, 2.05) is 0 Å². The van der Waals surface area contributed by atoms with Gasteiger partial charge in [0.2, 0.25) is 0 Å². The van der Waals surface area contributed by atoms with Gasteiger partial charge < -0.3 is 10.1 Å². The van der Waals surface area contributed by atoms with E-state index in [2.05, 4.69) is 39.9 Å². The van der Waals surface area contributed by atoms with E-state index in [1.165, 1.54) is 12.8 Å². The number of carbonyl (C=O) groups excluding carboxylic acids is 1. The van der Waals surface area contributed by atoms with Crippen molar-refractivity contribution in [1.82, 2.24) is 5.32 Å². The minimum atomic E-state index is -0.364. The fraction of sp³-hybridized carbons (Fsp3) is 0.938. The van der Waals surface area contributed by atoms with Crippen molar-refractivity contribution in [3.63, 3.8) is 0 Å². The summed E-state index contributed by atoms with van der Waals surface area (Å²) in [4.78, 5) is 11.8. The highest BCUT2D eigenvalue weighted by Gasteiger charge is 2.30. The summed E-state index contributed by atoms with van der Waals surface area (Å²) in [6, 6.07) is 0. The molecule has 0 aliphatic carbocycles. The Hall–Kier alpha value is -0.410. The Balaban J connectivity index is 4.11. The zero-order valence-electron chi connectivity index (χ0n) is 13.8. The molecule has 0 heterocycles. The van der Waals surface area contributed by atoms with Gasteiger partial charge in [0.1, 0.15) is 5.78 Å². The van der Waals surface area contributed by atoms with Gasteiger partial charge in [-0.25, -0.2) is 0 Å². The van der Waals surface area contributed by atoms with E-state index in [4.69, 9.17) is 4.74 Å². The molecule has 0 bridgehead atoms. The Labute approximate surface area is 119 Å². The van der Waals surface area contributed by atoms with E-state index in [-0.39, 0.29) is 16.9 Å². The molecule has 19 heavy (non-hydrogen) atoms. The third-order valence-electron chi connectivity index (χ3n) is 4.07. The molecule has 0 spiro atoms. The number of rotatable bonds is 11. The highest BCUT2D eigenvalue weighted by Crippen LogP contribution is 2.18. The number of carbonyl (C=O) groups is 1. The van der Waals surface area contributed by atoms with E-state index < -0.39 is 0 Å². The van der Waals surface area contributed by atoms with Gasteiger partial charge >= 0.3 is 0 Å². The average molecular weight is 271 g/mol. The van der Waals surface area contributed by atoms with Crippen LogP contribution in [0.15, 0.2) is 0 Å². The van der Waals surface area contributed by atoms with Crippen LogP contribution in [0, 0.1) is 0 Å². The Morgan fingerprint density at radius 3 is 2.16 bits per heavy atom. The zero-order valence-corrected chi connectivity index (χ0v) is 13.8. The van der Waals surface area contributed by atoms with Crippen LogP contribution in [-0.2, 0) is 9.53 Å². The van der Waals surface area contributed by atoms with Crippen LogP contribution in [0.4, 0.5) is 0 Å². The van der Waals surface area contributed by atoms with E-state index >= 15 is 0 Å². The maximum absolute atomic E-state index is 11.8. The molecule has 0 radical (unpaired) electrons. The number of ether oxygens (including phenoxy) is 1. The fourth-order valence-corrected chi connectivity index (χ4v) is 2.41. The van der Waals surface area contributed by atoms with Crippen molar-refractivity contribution in [2.24, 2.45) is 0 Å². The first-order valence-electron chi connectivity index (χ1n) is 7.73. The van der Waals surface area contributed by atoms with Gasteiger partial charge in [-0.3, -0.25) is 4.79 Å². The highest BCUT2D eigenvalue weighted by atomic mass is 16.5. The summed E-state index contributed by atoms with van der Waals surface area (Å²) in [7, 11) is 0. The third kappa shape index (κ3) is 6.53. The summed E-state index contributed by atoms with van der Waals surface area (Å²) in [5, 5.41) is 3.39. The Morgan fingerprint density at radius 1 is 1.16 bits per heavy atom. The van der Waals surface area contributed by atoms with Gasteiger partial charge in [0, 0.05) is 6.54 Å². The number of Topliss-reactive ketones (excluding diaryl/α,β-unsaturated/α-hetero) is 1. The second-order valence-corrected chi connectivity index (χ2v) is 5.98. The monoisotopic (exact) mass is 271 g/mol. The van der Waals surface area contributed by atoms with Gasteiger partial charge in [0.15, 0.2) is 0 Å². The summed E-state index contributed by atoms with van der Waals surface area (Å²) in [6.07, 6.45) is 5.14. The van der Waals surface area contributed by atoms with Crippen molar-refractivity contribution in [2.75, 3.05) is 13.2 Å². The Kier molecular flexibility index (Phi) is 8.51.